The van der Waals surface area contributed by atoms with Gasteiger partial charge in [-0.15, -0.1) is 0 Å². The number of hydrogen-bond acceptors (Lipinski definition) is 4. The minimum Gasteiger partial charge on any atom is -0.373 e. The van der Waals surface area contributed by atoms with Gasteiger partial charge < -0.3 is 10.1 Å². The van der Waals surface area contributed by atoms with E-state index < -0.39 is 21.7 Å². The van der Waals surface area contributed by atoms with Crippen molar-refractivity contribution in [3.8, 4) is 0 Å². The lowest BCUT2D eigenvalue weighted by Gasteiger charge is -2.25. The molecule has 0 aliphatic heterocycles. The van der Waals surface area contributed by atoms with Gasteiger partial charge in [0, 0.05) is 19.2 Å². The lowest BCUT2D eigenvalue weighted by atomic mass is 9.89. The molecule has 2 N–H and O–H groups in total. The molecule has 168 valence electrons. The summed E-state index contributed by atoms with van der Waals surface area (Å²) in [7, 11) is -3.81. The van der Waals surface area contributed by atoms with E-state index in [0.717, 1.165) is 37.5 Å². The van der Waals surface area contributed by atoms with Gasteiger partial charge in [-0.05, 0) is 68.9 Å². The number of nitrogens with one attached hydrogen (secondary N) is 2. The molecule has 1 aliphatic carbocycles. The number of hydrogen-bond donors (Lipinski definition) is 2. The lowest BCUT2D eigenvalue weighted by Crippen LogP contribution is -2.31. The maximum absolute atomic E-state index is 14.1. The number of carbonyl (C=O) groups is 1. The number of aryl methyl sites for hydroxylation is 1. The van der Waals surface area contributed by atoms with Crippen molar-refractivity contribution in [2.45, 2.75) is 56.6 Å². The molecule has 0 spiro atoms. The number of fused-ring (bicyclic) bond motifs is 1. The van der Waals surface area contributed by atoms with Crippen molar-refractivity contribution in [2.24, 2.45) is 0 Å². The highest BCUT2D eigenvalue weighted by Gasteiger charge is 2.21. The fraction of sp³-hybridized carbons (Fsp3) is 0.435. The second-order valence-electron chi connectivity index (χ2n) is 7.98. The van der Waals surface area contributed by atoms with Gasteiger partial charge in [-0.25, -0.2) is 17.5 Å². The van der Waals surface area contributed by atoms with Gasteiger partial charge in [-0.3, -0.25) is 4.79 Å². The predicted octanol–water partition coefficient (Wildman–Crippen LogP) is 3.73. The zero-order valence-corrected chi connectivity index (χ0v) is 18.7. The average Bonchev–Trinajstić information content (AvgIpc) is 2.72. The Balaban J connectivity index is 1.52. The van der Waals surface area contributed by atoms with Crippen LogP contribution in [0, 0.1) is 5.82 Å². The normalized spacial score (nSPS) is 16.2. The summed E-state index contributed by atoms with van der Waals surface area (Å²) < 4.78 is 47.1. The number of ether oxygens (including phenoxy) is 1. The third-order valence-electron chi connectivity index (χ3n) is 5.12. The zero-order valence-electron chi connectivity index (χ0n) is 17.9. The third kappa shape index (κ3) is 6.12. The smallest absolute Gasteiger partial charge is 0.254 e. The van der Waals surface area contributed by atoms with Crippen LogP contribution in [0.1, 0.15) is 60.7 Å². The number of amides is 1. The van der Waals surface area contributed by atoms with E-state index in [9.17, 15) is 17.6 Å². The van der Waals surface area contributed by atoms with Crippen LogP contribution in [0.15, 0.2) is 47.4 Å². The van der Waals surface area contributed by atoms with E-state index in [0.29, 0.717) is 19.6 Å². The van der Waals surface area contributed by atoms with Gasteiger partial charge in [0.1, 0.15) is 5.82 Å². The van der Waals surface area contributed by atoms with Gasteiger partial charge in [-0.2, -0.15) is 0 Å². The van der Waals surface area contributed by atoms with E-state index >= 15 is 0 Å². The van der Waals surface area contributed by atoms with Crippen LogP contribution >= 0.6 is 0 Å². The molecule has 0 saturated carbocycles. The van der Waals surface area contributed by atoms with E-state index in [-0.39, 0.29) is 22.6 Å². The van der Waals surface area contributed by atoms with Crippen molar-refractivity contribution in [3.05, 3.63) is 65.0 Å². The van der Waals surface area contributed by atoms with Gasteiger partial charge in [0.2, 0.25) is 10.0 Å². The van der Waals surface area contributed by atoms with Crippen molar-refractivity contribution in [2.75, 3.05) is 13.2 Å². The van der Waals surface area contributed by atoms with Crippen molar-refractivity contribution in [1.82, 2.24) is 10.0 Å². The van der Waals surface area contributed by atoms with Crippen molar-refractivity contribution in [1.29, 1.82) is 0 Å². The second kappa shape index (κ2) is 10.3. The number of halogens is 1. The maximum atomic E-state index is 14.1. The first-order valence-corrected chi connectivity index (χ1v) is 12.1. The molecule has 0 bridgehead atoms. The van der Waals surface area contributed by atoms with E-state index in [1.54, 1.807) is 13.8 Å². The van der Waals surface area contributed by atoms with Crippen LogP contribution < -0.4 is 10.0 Å². The summed E-state index contributed by atoms with van der Waals surface area (Å²) in [5, 5.41) is 2.64. The first-order chi connectivity index (χ1) is 14.8. The van der Waals surface area contributed by atoms with Gasteiger partial charge in [-0.1, -0.05) is 24.3 Å². The van der Waals surface area contributed by atoms with Gasteiger partial charge in [0.15, 0.2) is 0 Å². The molecule has 0 radical (unpaired) electrons. The highest BCUT2D eigenvalue weighted by molar-refractivity contribution is 7.89. The van der Waals surface area contributed by atoms with Crippen molar-refractivity contribution < 1.29 is 22.3 Å². The summed E-state index contributed by atoms with van der Waals surface area (Å²) in [5.74, 6) is -1.42. The summed E-state index contributed by atoms with van der Waals surface area (Å²) >= 11 is 0. The second-order valence-corrected chi connectivity index (χ2v) is 9.69. The Bertz CT molecular complexity index is 1020. The lowest BCUT2D eigenvalue weighted by molar-refractivity contribution is 0.0393. The fourth-order valence-corrected chi connectivity index (χ4v) is 4.98. The molecule has 8 heteroatoms. The summed E-state index contributed by atoms with van der Waals surface area (Å²) in [6, 6.07) is 11.2. The highest BCUT2D eigenvalue weighted by atomic mass is 32.2. The third-order valence-corrected chi connectivity index (χ3v) is 6.78. The number of benzene rings is 2. The van der Waals surface area contributed by atoms with Gasteiger partial charge in [0.05, 0.1) is 16.6 Å². The van der Waals surface area contributed by atoms with Crippen LogP contribution in [-0.2, 0) is 21.2 Å². The van der Waals surface area contributed by atoms with Crippen LogP contribution in [0.2, 0.25) is 0 Å². The summed E-state index contributed by atoms with van der Waals surface area (Å²) in [5.41, 5.74) is 2.26. The first kappa shape index (κ1) is 23.4. The summed E-state index contributed by atoms with van der Waals surface area (Å²) in [6.07, 6.45) is 3.76. The fourth-order valence-electron chi connectivity index (χ4n) is 3.70. The Morgan fingerprint density at radius 3 is 2.77 bits per heavy atom. The minimum atomic E-state index is -3.81. The highest BCUT2D eigenvalue weighted by Crippen LogP contribution is 2.32. The first-order valence-electron chi connectivity index (χ1n) is 10.6. The standard InChI is InChI=1S/C23H29FN2O4S/c1-16(2)26-31(28,29)18-11-12-21(24)20(15-18)23(27)25-13-6-14-30-22-10-5-8-17-7-3-4-9-19(17)22/h3-4,7,9,11-12,15-16,22,26H,5-6,8,10,13-14H2,1-2H3,(H,25,27). The molecule has 1 atom stereocenters. The molecular formula is C23H29FN2O4S. The summed E-state index contributed by atoms with van der Waals surface area (Å²) in [6.45, 7) is 4.13. The molecule has 0 fully saturated rings. The Hall–Kier alpha value is -2.29. The molecule has 31 heavy (non-hydrogen) atoms. The molecule has 1 amide bonds. The van der Waals surface area contributed by atoms with Crippen LogP contribution in [0.4, 0.5) is 4.39 Å². The molecule has 0 heterocycles. The van der Waals surface area contributed by atoms with Crippen molar-refractivity contribution in [3.63, 3.8) is 0 Å². The minimum absolute atomic E-state index is 0.0634. The number of carbonyl (C=O) groups excluding carboxylic acids is 1. The number of sulfonamides is 1. The van der Waals surface area contributed by atoms with Crippen molar-refractivity contribution >= 4 is 15.9 Å². The Morgan fingerprint density at radius 2 is 2.00 bits per heavy atom. The van der Waals surface area contributed by atoms with E-state index in [1.807, 2.05) is 12.1 Å². The monoisotopic (exact) mass is 448 g/mol. The molecular weight excluding hydrogens is 419 g/mol. The summed E-state index contributed by atoms with van der Waals surface area (Å²) in [4.78, 5) is 12.2. The van der Waals surface area contributed by atoms with Crippen LogP contribution in [-0.4, -0.2) is 33.5 Å². The van der Waals surface area contributed by atoms with Crippen LogP contribution in [0.25, 0.3) is 0 Å². The molecule has 1 aliphatic rings. The molecule has 0 saturated heterocycles. The topological polar surface area (TPSA) is 84.5 Å². The SMILES string of the molecule is CC(C)NS(=O)(=O)c1ccc(F)c(C(=O)NCCCOC2CCCc3ccccc32)c1. The average molecular weight is 449 g/mol. The molecule has 0 aromatic heterocycles. The molecule has 3 rings (SSSR count). The van der Waals surface area contributed by atoms with E-state index in [1.165, 1.54) is 11.1 Å². The quantitative estimate of drug-likeness (QED) is 0.573. The Morgan fingerprint density at radius 1 is 1.23 bits per heavy atom. The Labute approximate surface area is 183 Å². The predicted molar refractivity (Wildman–Crippen MR) is 117 cm³/mol. The van der Waals surface area contributed by atoms with Gasteiger partial charge >= 0.3 is 0 Å². The molecule has 2 aromatic carbocycles. The van der Waals surface area contributed by atoms with Gasteiger partial charge in [0.25, 0.3) is 5.91 Å². The number of rotatable bonds is 9. The molecule has 6 nitrogen and oxygen atoms in total. The maximum Gasteiger partial charge on any atom is 0.254 e. The largest absolute Gasteiger partial charge is 0.373 e. The Kier molecular flexibility index (Phi) is 7.80. The van der Waals surface area contributed by atoms with Crippen LogP contribution in [0.5, 0.6) is 0 Å². The van der Waals surface area contributed by atoms with E-state index in [4.69, 9.17) is 4.74 Å². The molecule has 1 unspecified atom stereocenters. The zero-order chi connectivity index (χ0) is 22.4. The van der Waals surface area contributed by atoms with Crippen LogP contribution in [0.3, 0.4) is 0 Å². The van der Waals surface area contributed by atoms with E-state index in [2.05, 4.69) is 22.2 Å². The molecule has 2 aromatic rings.